The molecule has 8 heteroatoms. The number of halogens is 3. The van der Waals surface area contributed by atoms with Gasteiger partial charge in [0.1, 0.15) is 12.4 Å². The zero-order chi connectivity index (χ0) is 22.9. The number of hydrogen-bond acceptors (Lipinski definition) is 4. The van der Waals surface area contributed by atoms with Gasteiger partial charge in [0.15, 0.2) is 0 Å². The van der Waals surface area contributed by atoms with Gasteiger partial charge < -0.3 is 4.74 Å². The molecule has 33 heavy (non-hydrogen) atoms. The average Bonchev–Trinajstić information content (AvgIpc) is 3.57. The third-order valence-electron chi connectivity index (χ3n) is 7.28. The molecule has 2 saturated carbocycles. The van der Waals surface area contributed by atoms with E-state index in [1.54, 1.807) is 6.21 Å². The summed E-state index contributed by atoms with van der Waals surface area (Å²) in [6.45, 7) is 0.477. The van der Waals surface area contributed by atoms with Crippen LogP contribution < -0.4 is 4.74 Å². The van der Waals surface area contributed by atoms with Crippen LogP contribution in [0.1, 0.15) is 17.5 Å². The van der Waals surface area contributed by atoms with E-state index in [0.29, 0.717) is 18.4 Å². The number of imide groups is 1. The Morgan fingerprint density at radius 1 is 1.00 bits per heavy atom. The minimum absolute atomic E-state index is 0.134. The van der Waals surface area contributed by atoms with E-state index in [2.05, 4.69) is 78.4 Å². The number of amides is 2. The highest BCUT2D eigenvalue weighted by Gasteiger charge is 2.67. The van der Waals surface area contributed by atoms with Crippen molar-refractivity contribution in [2.24, 2.45) is 40.6 Å². The highest BCUT2D eigenvalue weighted by molar-refractivity contribution is 14.1. The van der Waals surface area contributed by atoms with Crippen LogP contribution >= 0.6 is 61.1 Å². The largest absolute Gasteiger partial charge is 0.487 e. The first kappa shape index (κ1) is 22.2. The standard InChI is InChI=1S/C25H19BrI2N2O3/c26-14-3-1-12(2-4-14)11-33-23-19(27)7-13(8-20(23)28)10-29-30-24(31)21-15-5-6-16(18-9-17(15)18)22(21)25(30)32/h1-8,10,15-18,21-22H,9,11H2/b29-10-/t15-,16-,17-,18+,21+,22+/m1/s1. The topological polar surface area (TPSA) is 59.0 Å². The maximum absolute atomic E-state index is 13.1. The SMILES string of the molecule is O=C1[C@H]2[C@@H]3C=C[C@H]([C@@H]4C[C@H]34)[C@@H]2C(=O)N1/N=C\c1cc(I)c(OCc2ccc(Br)cc2)c(I)c1. The zero-order valence-corrected chi connectivity index (χ0v) is 23.2. The van der Waals surface area contributed by atoms with E-state index in [1.165, 1.54) is 0 Å². The molecule has 1 aliphatic heterocycles. The van der Waals surface area contributed by atoms with Crippen molar-refractivity contribution in [2.45, 2.75) is 13.0 Å². The maximum atomic E-state index is 13.1. The summed E-state index contributed by atoms with van der Waals surface area (Å²) in [5.41, 5.74) is 1.92. The molecule has 5 aliphatic rings. The Bertz CT molecular complexity index is 1170. The van der Waals surface area contributed by atoms with Crippen molar-refractivity contribution in [1.29, 1.82) is 0 Å². The fourth-order valence-electron chi connectivity index (χ4n) is 5.71. The molecule has 2 aromatic rings. The average molecular weight is 729 g/mol. The molecule has 3 fully saturated rings. The summed E-state index contributed by atoms with van der Waals surface area (Å²) in [5, 5.41) is 5.49. The van der Waals surface area contributed by atoms with Crippen LogP contribution in [-0.4, -0.2) is 23.0 Å². The molecule has 4 aliphatic carbocycles. The first-order valence-electron chi connectivity index (χ1n) is 10.9. The molecule has 1 heterocycles. The quantitative estimate of drug-likeness (QED) is 0.174. The molecule has 0 unspecified atom stereocenters. The van der Waals surface area contributed by atoms with Gasteiger partial charge >= 0.3 is 0 Å². The normalized spacial score (nSPS) is 31.3. The van der Waals surface area contributed by atoms with Crippen molar-refractivity contribution in [1.82, 2.24) is 5.01 Å². The second kappa shape index (κ2) is 8.44. The Balaban J connectivity index is 1.18. The van der Waals surface area contributed by atoms with Crippen molar-refractivity contribution < 1.29 is 14.3 Å². The lowest BCUT2D eigenvalue weighted by molar-refractivity contribution is -0.140. The minimum Gasteiger partial charge on any atom is -0.487 e. The zero-order valence-electron chi connectivity index (χ0n) is 17.3. The summed E-state index contributed by atoms with van der Waals surface area (Å²) in [6.07, 6.45) is 7.13. The molecular formula is C25H19BrI2N2O3. The highest BCUT2D eigenvalue weighted by atomic mass is 127. The Kier molecular flexibility index (Phi) is 5.68. The molecule has 5 nitrogen and oxygen atoms in total. The summed E-state index contributed by atoms with van der Waals surface area (Å²) < 4.78 is 9.01. The van der Waals surface area contributed by atoms with Gasteiger partial charge in [0.25, 0.3) is 11.8 Å². The molecule has 0 N–H and O–H groups in total. The van der Waals surface area contributed by atoms with Gasteiger partial charge in [0, 0.05) is 4.47 Å². The first-order chi connectivity index (χ1) is 15.9. The van der Waals surface area contributed by atoms with Crippen LogP contribution in [0, 0.1) is 42.6 Å². The van der Waals surface area contributed by atoms with E-state index < -0.39 is 0 Å². The van der Waals surface area contributed by atoms with Crippen molar-refractivity contribution in [3.8, 4) is 5.75 Å². The van der Waals surface area contributed by atoms with Crippen LogP contribution in [-0.2, 0) is 16.2 Å². The van der Waals surface area contributed by atoms with Crippen LogP contribution in [0.5, 0.6) is 5.75 Å². The monoisotopic (exact) mass is 728 g/mol. The number of hydrogen-bond donors (Lipinski definition) is 0. The van der Waals surface area contributed by atoms with Gasteiger partial charge in [-0.15, -0.1) is 0 Å². The van der Waals surface area contributed by atoms with Crippen molar-refractivity contribution in [2.75, 3.05) is 0 Å². The number of allylic oxidation sites excluding steroid dienone is 2. The second-order valence-corrected chi connectivity index (χ2v) is 12.4. The van der Waals surface area contributed by atoms with E-state index in [1.807, 2.05) is 36.4 Å². The lowest BCUT2D eigenvalue weighted by atomic mass is 9.63. The summed E-state index contributed by atoms with van der Waals surface area (Å²) in [4.78, 5) is 26.2. The molecule has 6 atom stereocenters. The first-order valence-corrected chi connectivity index (χ1v) is 13.8. The van der Waals surface area contributed by atoms with Crippen LogP contribution in [0.15, 0.2) is 58.1 Å². The van der Waals surface area contributed by atoms with Gasteiger partial charge in [0.05, 0.1) is 25.2 Å². The van der Waals surface area contributed by atoms with Gasteiger partial charge in [-0.1, -0.05) is 40.2 Å². The summed E-state index contributed by atoms with van der Waals surface area (Å²) >= 11 is 7.94. The minimum atomic E-state index is -0.219. The van der Waals surface area contributed by atoms with Gasteiger partial charge in [-0.25, -0.2) is 0 Å². The Morgan fingerprint density at radius 3 is 2.15 bits per heavy atom. The van der Waals surface area contributed by atoms with E-state index in [9.17, 15) is 9.59 Å². The maximum Gasteiger partial charge on any atom is 0.254 e. The lowest BCUT2D eigenvalue weighted by Gasteiger charge is -2.37. The molecule has 2 bridgehead atoms. The molecule has 0 radical (unpaired) electrons. The van der Waals surface area contributed by atoms with Crippen molar-refractivity contribution in [3.63, 3.8) is 0 Å². The molecule has 168 valence electrons. The molecule has 1 saturated heterocycles. The predicted molar refractivity (Wildman–Crippen MR) is 144 cm³/mol. The molecule has 2 aromatic carbocycles. The number of nitrogens with zero attached hydrogens (tertiary/aromatic N) is 2. The predicted octanol–water partition coefficient (Wildman–Crippen LogP) is 5.62. The van der Waals surface area contributed by atoms with Gasteiger partial charge in [-0.3, -0.25) is 9.59 Å². The van der Waals surface area contributed by atoms with Gasteiger partial charge in [-0.05, 0) is 111 Å². The van der Waals surface area contributed by atoms with E-state index in [-0.39, 0.29) is 35.5 Å². The molecule has 7 rings (SSSR count). The summed E-state index contributed by atoms with van der Waals surface area (Å²) in [7, 11) is 0. The van der Waals surface area contributed by atoms with E-state index in [0.717, 1.165) is 39.9 Å². The fraction of sp³-hybridized carbons (Fsp3) is 0.320. The van der Waals surface area contributed by atoms with Gasteiger partial charge in [-0.2, -0.15) is 10.1 Å². The fourth-order valence-corrected chi connectivity index (χ4v) is 8.10. The molecular weight excluding hydrogens is 710 g/mol. The summed E-state index contributed by atoms with van der Waals surface area (Å²) in [6, 6.07) is 12.0. The number of hydrazone groups is 1. The second-order valence-electron chi connectivity index (χ2n) is 9.12. The van der Waals surface area contributed by atoms with E-state index in [4.69, 9.17) is 4.74 Å². The Labute approximate surface area is 227 Å². The third kappa shape index (κ3) is 3.80. The molecule has 0 aromatic heterocycles. The number of rotatable bonds is 5. The molecule has 2 amide bonds. The highest BCUT2D eigenvalue weighted by Crippen LogP contribution is 2.65. The number of carbonyl (C=O) groups excluding carboxylic acids is 2. The van der Waals surface area contributed by atoms with Crippen LogP contribution in [0.25, 0.3) is 0 Å². The van der Waals surface area contributed by atoms with Crippen molar-refractivity contribution in [3.05, 3.63) is 71.3 Å². The smallest absolute Gasteiger partial charge is 0.254 e. The number of benzene rings is 2. The number of ether oxygens (including phenoxy) is 1. The van der Waals surface area contributed by atoms with Gasteiger partial charge in [0.2, 0.25) is 0 Å². The van der Waals surface area contributed by atoms with Crippen LogP contribution in [0.3, 0.4) is 0 Å². The van der Waals surface area contributed by atoms with Crippen LogP contribution in [0.2, 0.25) is 0 Å². The molecule has 0 spiro atoms. The van der Waals surface area contributed by atoms with Crippen LogP contribution in [0.4, 0.5) is 0 Å². The lowest BCUT2D eigenvalue weighted by Crippen LogP contribution is -2.40. The summed E-state index contributed by atoms with van der Waals surface area (Å²) in [5.74, 6) is 1.72. The van der Waals surface area contributed by atoms with E-state index >= 15 is 0 Å². The van der Waals surface area contributed by atoms with Crippen molar-refractivity contribution >= 4 is 79.1 Å². The Hall–Kier alpha value is -1.27. The Morgan fingerprint density at radius 2 is 1.58 bits per heavy atom. The third-order valence-corrected chi connectivity index (χ3v) is 9.41. The number of carbonyl (C=O) groups is 2.